The highest BCUT2D eigenvalue weighted by molar-refractivity contribution is 5.78. The maximum Gasteiger partial charge on any atom is 0.334 e. The average Bonchev–Trinajstić information content (AvgIpc) is 2.31. The van der Waals surface area contributed by atoms with Gasteiger partial charge in [0.2, 0.25) is 5.91 Å². The molecule has 0 saturated heterocycles. The molecule has 0 aromatic rings. The van der Waals surface area contributed by atoms with Gasteiger partial charge in [-0.1, -0.05) is 0 Å². The van der Waals surface area contributed by atoms with E-state index in [-0.39, 0.29) is 25.4 Å². The molecule has 0 spiro atoms. The summed E-state index contributed by atoms with van der Waals surface area (Å²) >= 11 is 0. The van der Waals surface area contributed by atoms with Crippen molar-refractivity contribution in [2.24, 2.45) is 0 Å². The van der Waals surface area contributed by atoms with Crippen molar-refractivity contribution in [3.05, 3.63) is 0 Å². The van der Waals surface area contributed by atoms with Gasteiger partial charge in [0.15, 0.2) is 6.10 Å². The number of carbonyl (C=O) groups excluding carboxylic acids is 2. The van der Waals surface area contributed by atoms with Gasteiger partial charge in [-0.05, 0) is 0 Å². The Kier molecular flexibility index (Phi) is 6.64. The summed E-state index contributed by atoms with van der Waals surface area (Å²) in [7, 11) is 2.96. The highest BCUT2D eigenvalue weighted by Gasteiger charge is 2.16. The molecule has 0 aromatic heterocycles. The molecule has 8 heteroatoms. The molecule has 0 bridgehead atoms. The maximum absolute atomic E-state index is 11.3. The Morgan fingerprint density at radius 2 is 1.94 bits per heavy atom. The fourth-order valence-electron chi connectivity index (χ4n) is 0.902. The molecule has 98 valence electrons. The van der Waals surface area contributed by atoms with Crippen molar-refractivity contribution in [2.45, 2.75) is 12.5 Å². The normalized spacial score (nSPS) is 11.5. The fourth-order valence-corrected chi connectivity index (χ4v) is 0.902. The molecule has 17 heavy (non-hydrogen) atoms. The van der Waals surface area contributed by atoms with Crippen LogP contribution in [0.25, 0.3) is 0 Å². The summed E-state index contributed by atoms with van der Waals surface area (Å²) in [5, 5.41) is 21.9. The summed E-state index contributed by atoms with van der Waals surface area (Å²) < 4.78 is 0. The molecule has 3 amide bonds. The lowest BCUT2D eigenvalue weighted by molar-refractivity contribution is -0.146. The Bertz CT molecular complexity index is 294. The van der Waals surface area contributed by atoms with E-state index in [9.17, 15) is 14.4 Å². The summed E-state index contributed by atoms with van der Waals surface area (Å²) in [6.07, 6.45) is -1.48. The number of nitrogens with one attached hydrogen (secondary N) is 2. The van der Waals surface area contributed by atoms with Crippen LogP contribution in [0.4, 0.5) is 4.79 Å². The van der Waals surface area contributed by atoms with Gasteiger partial charge in [0.25, 0.3) is 0 Å². The molecule has 0 saturated carbocycles. The number of aliphatic hydroxyl groups excluding tert-OH is 1. The lowest BCUT2D eigenvalue weighted by Crippen LogP contribution is -2.43. The largest absolute Gasteiger partial charge is 0.479 e. The van der Waals surface area contributed by atoms with Crippen molar-refractivity contribution >= 4 is 17.9 Å². The number of aliphatic hydroxyl groups is 1. The summed E-state index contributed by atoms with van der Waals surface area (Å²) in [5.41, 5.74) is 0. The minimum absolute atomic E-state index is 0.155. The number of aliphatic carboxylic acids is 1. The van der Waals surface area contributed by atoms with Crippen molar-refractivity contribution < 1.29 is 24.6 Å². The molecule has 0 aliphatic heterocycles. The third kappa shape index (κ3) is 6.36. The Morgan fingerprint density at radius 3 is 2.41 bits per heavy atom. The second-order valence-electron chi connectivity index (χ2n) is 3.38. The number of carbonyl (C=O) groups is 3. The predicted octanol–water partition coefficient (Wildman–Crippen LogP) is -1.79. The number of carboxylic acid groups (broad SMARTS) is 1. The molecule has 0 radical (unpaired) electrons. The number of hydrogen-bond acceptors (Lipinski definition) is 4. The van der Waals surface area contributed by atoms with Gasteiger partial charge in [0.05, 0.1) is 6.54 Å². The van der Waals surface area contributed by atoms with E-state index in [1.807, 2.05) is 0 Å². The number of nitrogens with zero attached hydrogens (tertiary/aromatic N) is 1. The smallest absolute Gasteiger partial charge is 0.334 e. The standard InChI is InChI=1S/C9H17N3O5/c1-10-7(14)3-4-12(2)9(17)11-5-6(13)8(15)16/h6,13H,3-5H2,1-2H3,(H,10,14)(H,11,17)(H,15,16). The van der Waals surface area contributed by atoms with E-state index in [1.54, 1.807) is 0 Å². The molecule has 0 fully saturated rings. The van der Waals surface area contributed by atoms with Crippen LogP contribution in [-0.2, 0) is 9.59 Å². The van der Waals surface area contributed by atoms with Crippen LogP contribution in [0.1, 0.15) is 6.42 Å². The van der Waals surface area contributed by atoms with E-state index in [1.165, 1.54) is 19.0 Å². The van der Waals surface area contributed by atoms with Crippen molar-refractivity contribution in [2.75, 3.05) is 27.2 Å². The predicted molar refractivity (Wildman–Crippen MR) is 58.4 cm³/mol. The lowest BCUT2D eigenvalue weighted by Gasteiger charge is -2.18. The van der Waals surface area contributed by atoms with Crippen molar-refractivity contribution in [3.8, 4) is 0 Å². The Morgan fingerprint density at radius 1 is 1.35 bits per heavy atom. The monoisotopic (exact) mass is 247 g/mol. The van der Waals surface area contributed by atoms with Gasteiger partial charge < -0.3 is 25.7 Å². The summed E-state index contributed by atoms with van der Waals surface area (Å²) in [6.45, 7) is -0.173. The van der Waals surface area contributed by atoms with Gasteiger partial charge in [-0.2, -0.15) is 0 Å². The number of rotatable bonds is 6. The molecular weight excluding hydrogens is 230 g/mol. The second-order valence-corrected chi connectivity index (χ2v) is 3.38. The van der Waals surface area contributed by atoms with E-state index >= 15 is 0 Å². The van der Waals surface area contributed by atoms with E-state index in [0.29, 0.717) is 0 Å². The van der Waals surface area contributed by atoms with E-state index in [4.69, 9.17) is 10.2 Å². The Labute approximate surface area is 98.6 Å². The molecule has 1 atom stereocenters. The van der Waals surface area contributed by atoms with Gasteiger partial charge in [0.1, 0.15) is 0 Å². The lowest BCUT2D eigenvalue weighted by atomic mass is 10.3. The zero-order chi connectivity index (χ0) is 13.4. The first kappa shape index (κ1) is 15.2. The van der Waals surface area contributed by atoms with Gasteiger partial charge in [-0.15, -0.1) is 0 Å². The summed E-state index contributed by atoms with van der Waals surface area (Å²) in [6, 6.07) is -0.547. The topological polar surface area (TPSA) is 119 Å². The third-order valence-corrected chi connectivity index (χ3v) is 2.03. The quantitative estimate of drug-likeness (QED) is 0.442. The van der Waals surface area contributed by atoms with Crippen molar-refractivity contribution in [3.63, 3.8) is 0 Å². The SMILES string of the molecule is CNC(=O)CCN(C)C(=O)NCC(O)C(=O)O. The number of amides is 3. The molecule has 0 aromatic carbocycles. The zero-order valence-electron chi connectivity index (χ0n) is 9.77. The number of urea groups is 1. The molecule has 4 N–H and O–H groups in total. The van der Waals surface area contributed by atoms with Crippen molar-refractivity contribution in [1.82, 2.24) is 15.5 Å². The van der Waals surface area contributed by atoms with Crippen molar-refractivity contribution in [1.29, 1.82) is 0 Å². The van der Waals surface area contributed by atoms with Gasteiger partial charge in [0, 0.05) is 27.1 Å². The van der Waals surface area contributed by atoms with Crippen LogP contribution in [-0.4, -0.2) is 66.3 Å². The summed E-state index contributed by atoms with van der Waals surface area (Å²) in [5.74, 6) is -1.60. The fraction of sp³-hybridized carbons (Fsp3) is 0.667. The van der Waals surface area contributed by atoms with Gasteiger partial charge >= 0.3 is 12.0 Å². The van der Waals surface area contributed by atoms with E-state index in [2.05, 4.69) is 10.6 Å². The summed E-state index contributed by atoms with van der Waals surface area (Å²) in [4.78, 5) is 33.8. The molecule has 0 aliphatic rings. The minimum Gasteiger partial charge on any atom is -0.479 e. The highest BCUT2D eigenvalue weighted by atomic mass is 16.4. The molecule has 8 nitrogen and oxygen atoms in total. The zero-order valence-corrected chi connectivity index (χ0v) is 9.77. The molecular formula is C9H17N3O5. The van der Waals surface area contributed by atoms with Crippen LogP contribution in [0.5, 0.6) is 0 Å². The molecule has 1 unspecified atom stereocenters. The van der Waals surface area contributed by atoms with Crippen LogP contribution >= 0.6 is 0 Å². The Hall–Kier alpha value is -1.83. The van der Waals surface area contributed by atoms with Crippen LogP contribution in [0.3, 0.4) is 0 Å². The Balaban J connectivity index is 3.90. The number of hydrogen-bond donors (Lipinski definition) is 4. The second kappa shape index (κ2) is 7.44. The van der Waals surface area contributed by atoms with Crippen LogP contribution in [0.2, 0.25) is 0 Å². The van der Waals surface area contributed by atoms with Crippen LogP contribution < -0.4 is 10.6 Å². The minimum atomic E-state index is -1.63. The highest BCUT2D eigenvalue weighted by Crippen LogP contribution is 1.89. The van der Waals surface area contributed by atoms with Gasteiger partial charge in [-0.3, -0.25) is 4.79 Å². The van der Waals surface area contributed by atoms with Crippen LogP contribution in [0, 0.1) is 0 Å². The molecule has 0 aliphatic carbocycles. The van der Waals surface area contributed by atoms with Gasteiger partial charge in [-0.25, -0.2) is 9.59 Å². The third-order valence-electron chi connectivity index (χ3n) is 2.03. The number of carboxylic acids is 1. The first-order chi connectivity index (χ1) is 7.88. The maximum atomic E-state index is 11.3. The first-order valence-corrected chi connectivity index (χ1v) is 4.99. The molecule has 0 heterocycles. The van der Waals surface area contributed by atoms with Crippen LogP contribution in [0.15, 0.2) is 0 Å². The average molecular weight is 247 g/mol. The first-order valence-electron chi connectivity index (χ1n) is 4.99. The molecule has 0 rings (SSSR count). The van der Waals surface area contributed by atoms with E-state index < -0.39 is 18.1 Å². The van der Waals surface area contributed by atoms with E-state index in [0.717, 1.165) is 0 Å².